The maximum atomic E-state index is 4.45. The molecule has 0 N–H and O–H groups in total. The first kappa shape index (κ1) is 15.6. The zero-order chi connectivity index (χ0) is 17.1. The fraction of sp³-hybridized carbons (Fsp3) is 0.0500. The highest BCUT2D eigenvalue weighted by atomic mass is 32.2. The summed E-state index contributed by atoms with van der Waals surface area (Å²) in [4.78, 5) is 4.39. The molecule has 0 amide bonds. The van der Waals surface area contributed by atoms with Gasteiger partial charge in [-0.1, -0.05) is 48.5 Å². The Morgan fingerprint density at radius 2 is 1.68 bits per heavy atom. The molecule has 4 aromatic rings. The quantitative estimate of drug-likeness (QED) is 0.534. The highest BCUT2D eigenvalue weighted by Crippen LogP contribution is 2.31. The lowest BCUT2D eigenvalue weighted by Gasteiger charge is -2.11. The summed E-state index contributed by atoms with van der Waals surface area (Å²) in [6.07, 6.45) is 1.79. The molecule has 2 heterocycles. The van der Waals surface area contributed by atoms with Crippen LogP contribution in [-0.2, 0) is 0 Å². The standard InChI is InChI=1S/C20H16N4S/c1-15-8-7-11-17(14-15)24-19(16-9-3-2-4-10-16)22-23-20(24)25-18-12-5-6-13-21-18/h2-14H,1H3. The molecule has 4 nitrogen and oxygen atoms in total. The highest BCUT2D eigenvalue weighted by Gasteiger charge is 2.17. The van der Waals surface area contributed by atoms with Gasteiger partial charge in [0.05, 0.1) is 5.69 Å². The van der Waals surface area contributed by atoms with Gasteiger partial charge in [-0.15, -0.1) is 10.2 Å². The van der Waals surface area contributed by atoms with Gasteiger partial charge in [-0.3, -0.25) is 4.57 Å². The van der Waals surface area contributed by atoms with E-state index in [-0.39, 0.29) is 0 Å². The second-order valence-electron chi connectivity index (χ2n) is 5.62. The Morgan fingerprint density at radius 3 is 2.44 bits per heavy atom. The van der Waals surface area contributed by atoms with Crippen molar-refractivity contribution in [3.8, 4) is 17.1 Å². The van der Waals surface area contributed by atoms with Gasteiger partial charge in [0.1, 0.15) is 5.03 Å². The molecule has 0 aliphatic heterocycles. The van der Waals surface area contributed by atoms with E-state index in [4.69, 9.17) is 0 Å². The highest BCUT2D eigenvalue weighted by molar-refractivity contribution is 7.99. The molecule has 0 saturated carbocycles. The molecule has 0 fully saturated rings. The normalized spacial score (nSPS) is 10.8. The van der Waals surface area contributed by atoms with E-state index >= 15 is 0 Å². The van der Waals surface area contributed by atoms with Crippen molar-refractivity contribution < 1.29 is 0 Å². The molecule has 0 unspecified atom stereocenters. The summed E-state index contributed by atoms with van der Waals surface area (Å²) in [6, 6.07) is 24.3. The van der Waals surface area contributed by atoms with E-state index in [0.29, 0.717) is 0 Å². The van der Waals surface area contributed by atoms with Gasteiger partial charge in [0.15, 0.2) is 5.82 Å². The van der Waals surface area contributed by atoms with E-state index in [0.717, 1.165) is 27.3 Å². The number of aryl methyl sites for hydroxylation is 1. The van der Waals surface area contributed by atoms with E-state index in [1.54, 1.807) is 6.20 Å². The van der Waals surface area contributed by atoms with Gasteiger partial charge in [0.2, 0.25) is 5.16 Å². The minimum atomic E-state index is 0.795. The van der Waals surface area contributed by atoms with E-state index in [9.17, 15) is 0 Å². The van der Waals surface area contributed by atoms with Crippen LogP contribution in [0.15, 0.2) is 89.2 Å². The summed E-state index contributed by atoms with van der Waals surface area (Å²) < 4.78 is 2.08. The van der Waals surface area contributed by atoms with Crippen molar-refractivity contribution in [2.75, 3.05) is 0 Å². The van der Waals surface area contributed by atoms with Crippen molar-refractivity contribution in [1.82, 2.24) is 19.7 Å². The average molecular weight is 344 g/mol. The predicted molar refractivity (Wildman–Crippen MR) is 99.9 cm³/mol. The number of nitrogens with zero attached hydrogens (tertiary/aromatic N) is 4. The van der Waals surface area contributed by atoms with Gasteiger partial charge in [-0.2, -0.15) is 0 Å². The molecule has 0 saturated heterocycles. The number of hydrogen-bond acceptors (Lipinski definition) is 4. The van der Waals surface area contributed by atoms with Crippen LogP contribution in [0.4, 0.5) is 0 Å². The van der Waals surface area contributed by atoms with Crippen LogP contribution in [0.1, 0.15) is 5.56 Å². The minimum absolute atomic E-state index is 0.795. The third-order valence-corrected chi connectivity index (χ3v) is 4.66. The smallest absolute Gasteiger partial charge is 0.202 e. The third-order valence-electron chi connectivity index (χ3n) is 3.76. The van der Waals surface area contributed by atoms with Gasteiger partial charge in [-0.25, -0.2) is 4.98 Å². The Balaban J connectivity index is 1.86. The predicted octanol–water partition coefficient (Wildman–Crippen LogP) is 4.79. The zero-order valence-electron chi connectivity index (χ0n) is 13.7. The Morgan fingerprint density at radius 1 is 0.840 bits per heavy atom. The molecule has 0 atom stereocenters. The monoisotopic (exact) mass is 344 g/mol. The van der Waals surface area contributed by atoms with Crippen LogP contribution in [0, 0.1) is 6.92 Å². The van der Waals surface area contributed by atoms with Crippen molar-refractivity contribution in [1.29, 1.82) is 0 Å². The van der Waals surface area contributed by atoms with Crippen LogP contribution in [-0.4, -0.2) is 19.7 Å². The third kappa shape index (κ3) is 3.32. The van der Waals surface area contributed by atoms with Gasteiger partial charge in [-0.05, 0) is 48.5 Å². The first-order valence-corrected chi connectivity index (χ1v) is 8.80. The van der Waals surface area contributed by atoms with Crippen LogP contribution in [0.2, 0.25) is 0 Å². The van der Waals surface area contributed by atoms with E-state index in [1.807, 2.05) is 48.5 Å². The largest absolute Gasteiger partial charge is 0.270 e. The number of pyridine rings is 1. The summed E-state index contributed by atoms with van der Waals surface area (Å²) in [5.74, 6) is 0.824. The number of aromatic nitrogens is 4. The lowest BCUT2D eigenvalue weighted by molar-refractivity contribution is 0.882. The van der Waals surface area contributed by atoms with Crippen LogP contribution >= 0.6 is 11.8 Å². The maximum absolute atomic E-state index is 4.45. The molecule has 0 spiro atoms. The Hall–Kier alpha value is -2.92. The SMILES string of the molecule is Cc1cccc(-n2c(Sc3ccccn3)nnc2-c2ccccc2)c1. The van der Waals surface area contributed by atoms with Gasteiger partial charge in [0, 0.05) is 11.8 Å². The van der Waals surface area contributed by atoms with Crippen molar-refractivity contribution in [2.45, 2.75) is 17.1 Å². The van der Waals surface area contributed by atoms with Crippen LogP contribution in [0.25, 0.3) is 17.1 Å². The molecule has 0 radical (unpaired) electrons. The van der Waals surface area contributed by atoms with Crippen molar-refractivity contribution in [3.05, 3.63) is 84.6 Å². The van der Waals surface area contributed by atoms with Crippen molar-refractivity contribution >= 4 is 11.8 Å². The van der Waals surface area contributed by atoms with Crippen LogP contribution < -0.4 is 0 Å². The average Bonchev–Trinajstić information content (AvgIpc) is 3.07. The van der Waals surface area contributed by atoms with Gasteiger partial charge in [0.25, 0.3) is 0 Å². The molecule has 0 aliphatic carbocycles. The fourth-order valence-corrected chi connectivity index (χ4v) is 3.42. The first-order valence-electron chi connectivity index (χ1n) is 7.98. The summed E-state index contributed by atoms with van der Waals surface area (Å²) in [5, 5.41) is 10.6. The lowest BCUT2D eigenvalue weighted by Crippen LogP contribution is -2.00. The van der Waals surface area contributed by atoms with Crippen LogP contribution in [0.5, 0.6) is 0 Å². The summed E-state index contributed by atoms with van der Waals surface area (Å²) in [6.45, 7) is 2.08. The zero-order valence-corrected chi connectivity index (χ0v) is 14.5. The van der Waals surface area contributed by atoms with E-state index in [1.165, 1.54) is 17.3 Å². The maximum Gasteiger partial charge on any atom is 0.202 e. The van der Waals surface area contributed by atoms with Crippen LogP contribution in [0.3, 0.4) is 0 Å². The van der Waals surface area contributed by atoms with E-state index < -0.39 is 0 Å². The Kier molecular flexibility index (Phi) is 4.31. The Labute approximate surface area is 150 Å². The molecule has 5 heteroatoms. The Bertz CT molecular complexity index is 981. The van der Waals surface area contributed by atoms with Crippen molar-refractivity contribution in [3.63, 3.8) is 0 Å². The minimum Gasteiger partial charge on any atom is -0.270 e. The molecule has 2 aromatic heterocycles. The molecule has 25 heavy (non-hydrogen) atoms. The molecule has 0 aliphatic rings. The number of hydrogen-bond donors (Lipinski definition) is 0. The second-order valence-corrected chi connectivity index (χ2v) is 6.60. The van der Waals surface area contributed by atoms with Crippen molar-refractivity contribution in [2.24, 2.45) is 0 Å². The van der Waals surface area contributed by atoms with E-state index in [2.05, 4.69) is 50.9 Å². The topological polar surface area (TPSA) is 43.6 Å². The lowest BCUT2D eigenvalue weighted by atomic mass is 10.2. The molecule has 0 bridgehead atoms. The molecule has 122 valence electrons. The fourth-order valence-electron chi connectivity index (χ4n) is 2.61. The molecular weight excluding hydrogens is 328 g/mol. The number of rotatable bonds is 4. The van der Waals surface area contributed by atoms with Gasteiger partial charge < -0.3 is 0 Å². The molecule has 2 aromatic carbocycles. The summed E-state index contributed by atoms with van der Waals surface area (Å²) >= 11 is 1.51. The molecular formula is C20H16N4S. The molecule has 4 rings (SSSR count). The number of benzene rings is 2. The first-order chi connectivity index (χ1) is 12.3. The summed E-state index contributed by atoms with van der Waals surface area (Å²) in [7, 11) is 0. The van der Waals surface area contributed by atoms with Gasteiger partial charge >= 0.3 is 0 Å². The summed E-state index contributed by atoms with van der Waals surface area (Å²) in [5.41, 5.74) is 3.27. The second kappa shape index (κ2) is 6.91.